The Morgan fingerprint density at radius 2 is 2.47 bits per heavy atom. The SMILES string of the molecule is CCn1nccc1C(NC)C1CN(C)CCO1. The molecule has 0 radical (unpaired) electrons. The minimum atomic E-state index is 0.195. The second-order valence-electron chi connectivity index (χ2n) is 4.51. The monoisotopic (exact) mass is 238 g/mol. The first kappa shape index (κ1) is 12.5. The lowest BCUT2D eigenvalue weighted by Crippen LogP contribution is -2.46. The van der Waals surface area contributed by atoms with Crippen LogP contribution in [-0.4, -0.2) is 54.6 Å². The van der Waals surface area contributed by atoms with Crippen molar-refractivity contribution in [1.82, 2.24) is 20.0 Å². The van der Waals surface area contributed by atoms with E-state index >= 15 is 0 Å². The normalized spacial score (nSPS) is 23.8. The van der Waals surface area contributed by atoms with Gasteiger partial charge in [0.05, 0.1) is 24.4 Å². The topological polar surface area (TPSA) is 42.3 Å². The van der Waals surface area contributed by atoms with Crippen molar-refractivity contribution in [2.45, 2.75) is 25.6 Å². The first-order valence-electron chi connectivity index (χ1n) is 6.25. The summed E-state index contributed by atoms with van der Waals surface area (Å²) < 4.78 is 7.91. The van der Waals surface area contributed by atoms with Gasteiger partial charge in [-0.25, -0.2) is 0 Å². The van der Waals surface area contributed by atoms with Crippen LogP contribution in [0.25, 0.3) is 0 Å². The molecule has 2 atom stereocenters. The van der Waals surface area contributed by atoms with Gasteiger partial charge >= 0.3 is 0 Å². The second kappa shape index (κ2) is 5.62. The maximum atomic E-state index is 5.88. The Hall–Kier alpha value is -0.910. The molecule has 5 nitrogen and oxygen atoms in total. The molecule has 0 spiro atoms. The van der Waals surface area contributed by atoms with Gasteiger partial charge in [0.2, 0.25) is 0 Å². The lowest BCUT2D eigenvalue weighted by atomic mass is 10.1. The molecule has 17 heavy (non-hydrogen) atoms. The van der Waals surface area contributed by atoms with Crippen LogP contribution in [0.4, 0.5) is 0 Å². The predicted molar refractivity (Wildman–Crippen MR) is 66.9 cm³/mol. The van der Waals surface area contributed by atoms with Gasteiger partial charge in [0.25, 0.3) is 0 Å². The van der Waals surface area contributed by atoms with Crippen LogP contribution in [0.3, 0.4) is 0 Å². The summed E-state index contributed by atoms with van der Waals surface area (Å²) in [6, 6.07) is 2.28. The quantitative estimate of drug-likeness (QED) is 0.829. The van der Waals surface area contributed by atoms with Gasteiger partial charge in [0.1, 0.15) is 0 Å². The van der Waals surface area contributed by atoms with E-state index < -0.39 is 0 Å². The predicted octanol–water partition coefficient (Wildman–Crippen LogP) is 0.494. The van der Waals surface area contributed by atoms with E-state index in [0.717, 1.165) is 26.2 Å². The van der Waals surface area contributed by atoms with E-state index in [-0.39, 0.29) is 12.1 Å². The molecule has 1 aliphatic heterocycles. The highest BCUT2D eigenvalue weighted by Crippen LogP contribution is 2.21. The van der Waals surface area contributed by atoms with Crippen LogP contribution in [0, 0.1) is 0 Å². The molecule has 2 heterocycles. The van der Waals surface area contributed by atoms with Gasteiger partial charge in [0.15, 0.2) is 0 Å². The van der Waals surface area contributed by atoms with Crippen molar-refractivity contribution in [2.24, 2.45) is 0 Å². The molecule has 1 aromatic heterocycles. The van der Waals surface area contributed by atoms with Crippen LogP contribution >= 0.6 is 0 Å². The van der Waals surface area contributed by atoms with Crippen molar-refractivity contribution in [3.63, 3.8) is 0 Å². The van der Waals surface area contributed by atoms with Crippen LogP contribution in [-0.2, 0) is 11.3 Å². The number of nitrogens with zero attached hydrogens (tertiary/aromatic N) is 3. The number of hydrogen-bond donors (Lipinski definition) is 1. The molecule has 0 saturated carbocycles. The summed E-state index contributed by atoms with van der Waals surface area (Å²) in [4.78, 5) is 2.31. The van der Waals surface area contributed by atoms with Crippen molar-refractivity contribution in [3.8, 4) is 0 Å². The van der Waals surface area contributed by atoms with Crippen LogP contribution in [0.5, 0.6) is 0 Å². The molecule has 1 saturated heterocycles. The van der Waals surface area contributed by atoms with Gasteiger partial charge in [0, 0.05) is 25.8 Å². The summed E-state index contributed by atoms with van der Waals surface area (Å²) in [5.41, 5.74) is 1.20. The van der Waals surface area contributed by atoms with Crippen LogP contribution in [0.2, 0.25) is 0 Å². The Kier molecular flexibility index (Phi) is 4.15. The first-order valence-corrected chi connectivity index (χ1v) is 6.25. The van der Waals surface area contributed by atoms with Crippen LogP contribution < -0.4 is 5.32 Å². The number of likely N-dealkylation sites (N-methyl/N-ethyl adjacent to an activating group) is 2. The fourth-order valence-electron chi connectivity index (χ4n) is 2.41. The first-order chi connectivity index (χ1) is 8.26. The lowest BCUT2D eigenvalue weighted by Gasteiger charge is -2.35. The third-order valence-electron chi connectivity index (χ3n) is 3.35. The van der Waals surface area contributed by atoms with Gasteiger partial charge in [-0.2, -0.15) is 5.10 Å². The molecule has 2 unspecified atom stereocenters. The molecular weight excluding hydrogens is 216 g/mol. The minimum Gasteiger partial charge on any atom is -0.374 e. The average molecular weight is 238 g/mol. The van der Waals surface area contributed by atoms with Gasteiger partial charge in [-0.05, 0) is 27.1 Å². The molecule has 96 valence electrons. The summed E-state index contributed by atoms with van der Waals surface area (Å²) >= 11 is 0. The van der Waals surface area contributed by atoms with Crippen molar-refractivity contribution in [3.05, 3.63) is 18.0 Å². The lowest BCUT2D eigenvalue weighted by molar-refractivity contribution is -0.0394. The van der Waals surface area contributed by atoms with Crippen molar-refractivity contribution in [2.75, 3.05) is 33.8 Å². The molecule has 1 aromatic rings. The summed E-state index contributed by atoms with van der Waals surface area (Å²) in [5.74, 6) is 0. The van der Waals surface area contributed by atoms with Crippen molar-refractivity contribution in [1.29, 1.82) is 0 Å². The van der Waals surface area contributed by atoms with E-state index in [9.17, 15) is 0 Å². The smallest absolute Gasteiger partial charge is 0.0911 e. The summed E-state index contributed by atoms with van der Waals surface area (Å²) in [5, 5.41) is 7.68. The molecule has 1 fully saturated rings. The van der Waals surface area contributed by atoms with E-state index in [0.29, 0.717) is 0 Å². The third kappa shape index (κ3) is 2.68. The molecule has 0 amide bonds. The van der Waals surface area contributed by atoms with E-state index in [1.807, 2.05) is 17.9 Å². The Morgan fingerprint density at radius 1 is 1.65 bits per heavy atom. The number of aromatic nitrogens is 2. The van der Waals surface area contributed by atoms with E-state index in [1.54, 1.807) is 0 Å². The highest BCUT2D eigenvalue weighted by atomic mass is 16.5. The maximum absolute atomic E-state index is 5.88. The minimum absolute atomic E-state index is 0.195. The zero-order chi connectivity index (χ0) is 12.3. The van der Waals surface area contributed by atoms with Crippen LogP contribution in [0.1, 0.15) is 18.7 Å². The van der Waals surface area contributed by atoms with E-state index in [1.165, 1.54) is 5.69 Å². The number of morpholine rings is 1. The number of nitrogens with one attached hydrogen (secondary N) is 1. The highest BCUT2D eigenvalue weighted by molar-refractivity contribution is 5.10. The summed E-state index contributed by atoms with van der Waals surface area (Å²) in [6.07, 6.45) is 2.05. The van der Waals surface area contributed by atoms with Crippen molar-refractivity contribution < 1.29 is 4.74 Å². The molecule has 1 aliphatic rings. The Balaban J connectivity index is 2.15. The molecule has 0 bridgehead atoms. The zero-order valence-electron chi connectivity index (χ0n) is 10.9. The molecule has 2 rings (SSSR count). The number of hydrogen-bond acceptors (Lipinski definition) is 4. The summed E-state index contributed by atoms with van der Waals surface area (Å²) in [6.45, 7) is 5.78. The fraction of sp³-hybridized carbons (Fsp3) is 0.750. The second-order valence-corrected chi connectivity index (χ2v) is 4.51. The standard InChI is InChI=1S/C12H22N4O/c1-4-16-10(5-6-14-16)12(13-2)11-9-15(3)7-8-17-11/h5-6,11-13H,4,7-9H2,1-3H3. The van der Waals surface area contributed by atoms with Gasteiger partial charge in [-0.15, -0.1) is 0 Å². The Morgan fingerprint density at radius 3 is 3.12 bits per heavy atom. The molecule has 1 N–H and O–H groups in total. The average Bonchev–Trinajstić information content (AvgIpc) is 2.78. The van der Waals surface area contributed by atoms with Crippen LogP contribution in [0.15, 0.2) is 12.3 Å². The fourth-order valence-corrected chi connectivity index (χ4v) is 2.41. The highest BCUT2D eigenvalue weighted by Gasteiger charge is 2.28. The molecule has 0 aliphatic carbocycles. The van der Waals surface area contributed by atoms with Gasteiger partial charge in [-0.3, -0.25) is 4.68 Å². The maximum Gasteiger partial charge on any atom is 0.0911 e. The molecular formula is C12H22N4O. The zero-order valence-corrected chi connectivity index (χ0v) is 10.9. The number of aryl methyl sites for hydroxylation is 1. The Labute approximate surface area is 103 Å². The number of ether oxygens (including phenoxy) is 1. The van der Waals surface area contributed by atoms with Gasteiger partial charge < -0.3 is 15.0 Å². The Bertz CT molecular complexity index is 352. The molecule has 0 aromatic carbocycles. The third-order valence-corrected chi connectivity index (χ3v) is 3.35. The van der Waals surface area contributed by atoms with Crippen molar-refractivity contribution >= 4 is 0 Å². The largest absolute Gasteiger partial charge is 0.374 e. The summed E-state index contributed by atoms with van der Waals surface area (Å²) in [7, 11) is 4.12. The van der Waals surface area contributed by atoms with E-state index in [2.05, 4.69) is 35.4 Å². The van der Waals surface area contributed by atoms with Gasteiger partial charge in [-0.1, -0.05) is 0 Å². The molecule has 5 heteroatoms. The number of rotatable bonds is 4. The van der Waals surface area contributed by atoms with E-state index in [4.69, 9.17) is 4.74 Å².